The van der Waals surface area contributed by atoms with Gasteiger partial charge in [0, 0.05) is 13.2 Å². The summed E-state index contributed by atoms with van der Waals surface area (Å²) in [7, 11) is 1.78. The largest absolute Gasteiger partial charge is 0.382 e. The summed E-state index contributed by atoms with van der Waals surface area (Å²) in [5, 5.41) is 3.60. The Kier molecular flexibility index (Phi) is 9.65. The highest BCUT2D eigenvalue weighted by Gasteiger charge is 2.10. The maximum absolute atomic E-state index is 5.29. The molecule has 2 heteroatoms. The van der Waals surface area contributed by atoms with E-state index in [4.69, 9.17) is 4.74 Å². The molecule has 0 aliphatic rings. The standard InChI is InChI=1S/C14H29NO/c1-6-10-15-14(11-12(3)7-2)9-8-13(4)16-5/h13-15H,3,6-11H2,1-2,4-5H3. The Morgan fingerprint density at radius 2 is 2.00 bits per heavy atom. The second-order valence-electron chi connectivity index (χ2n) is 4.58. The van der Waals surface area contributed by atoms with Crippen LogP contribution in [0, 0.1) is 0 Å². The number of hydrogen-bond donors (Lipinski definition) is 1. The zero-order chi connectivity index (χ0) is 12.4. The van der Waals surface area contributed by atoms with Crippen molar-refractivity contribution in [2.75, 3.05) is 13.7 Å². The van der Waals surface area contributed by atoms with Crippen molar-refractivity contribution in [1.82, 2.24) is 5.32 Å². The summed E-state index contributed by atoms with van der Waals surface area (Å²) in [6.45, 7) is 11.7. The van der Waals surface area contributed by atoms with Gasteiger partial charge in [-0.1, -0.05) is 26.0 Å². The van der Waals surface area contributed by atoms with E-state index in [1.54, 1.807) is 7.11 Å². The molecule has 0 aliphatic carbocycles. The smallest absolute Gasteiger partial charge is 0.0543 e. The molecule has 0 saturated carbocycles. The maximum atomic E-state index is 5.29. The van der Waals surface area contributed by atoms with Crippen LogP contribution in [0.15, 0.2) is 12.2 Å². The second-order valence-corrected chi connectivity index (χ2v) is 4.58. The van der Waals surface area contributed by atoms with Crippen LogP contribution in [0.4, 0.5) is 0 Å². The topological polar surface area (TPSA) is 21.3 Å². The molecule has 0 saturated heterocycles. The molecule has 0 aliphatic heterocycles. The fourth-order valence-corrected chi connectivity index (χ4v) is 1.67. The summed E-state index contributed by atoms with van der Waals surface area (Å²) in [5.74, 6) is 0. The van der Waals surface area contributed by atoms with E-state index in [9.17, 15) is 0 Å². The fraction of sp³-hybridized carbons (Fsp3) is 0.857. The molecular weight excluding hydrogens is 198 g/mol. The summed E-state index contributed by atoms with van der Waals surface area (Å²) in [6.07, 6.45) is 6.04. The van der Waals surface area contributed by atoms with E-state index >= 15 is 0 Å². The van der Waals surface area contributed by atoms with Gasteiger partial charge in [-0.05, 0) is 45.6 Å². The second kappa shape index (κ2) is 9.86. The Hall–Kier alpha value is -0.340. The van der Waals surface area contributed by atoms with Gasteiger partial charge in [0.1, 0.15) is 0 Å². The van der Waals surface area contributed by atoms with Gasteiger partial charge < -0.3 is 10.1 Å². The van der Waals surface area contributed by atoms with Crippen LogP contribution in [0.2, 0.25) is 0 Å². The van der Waals surface area contributed by atoms with E-state index in [0.717, 1.165) is 25.8 Å². The van der Waals surface area contributed by atoms with Crippen LogP contribution >= 0.6 is 0 Å². The maximum Gasteiger partial charge on any atom is 0.0543 e. The number of ether oxygens (including phenoxy) is 1. The number of hydrogen-bond acceptors (Lipinski definition) is 2. The van der Waals surface area contributed by atoms with Gasteiger partial charge in [0.2, 0.25) is 0 Å². The van der Waals surface area contributed by atoms with E-state index < -0.39 is 0 Å². The Labute approximate surface area is 101 Å². The van der Waals surface area contributed by atoms with Crippen molar-refractivity contribution in [1.29, 1.82) is 0 Å². The minimum Gasteiger partial charge on any atom is -0.382 e. The monoisotopic (exact) mass is 227 g/mol. The van der Waals surface area contributed by atoms with E-state index in [2.05, 4.69) is 32.7 Å². The Bertz CT molecular complexity index is 180. The third-order valence-corrected chi connectivity index (χ3v) is 3.04. The van der Waals surface area contributed by atoms with Crippen molar-refractivity contribution in [3.05, 3.63) is 12.2 Å². The highest BCUT2D eigenvalue weighted by atomic mass is 16.5. The third kappa shape index (κ3) is 7.89. The first-order valence-electron chi connectivity index (χ1n) is 6.56. The van der Waals surface area contributed by atoms with Gasteiger partial charge >= 0.3 is 0 Å². The van der Waals surface area contributed by atoms with Gasteiger partial charge in [-0.3, -0.25) is 0 Å². The summed E-state index contributed by atoms with van der Waals surface area (Å²) in [4.78, 5) is 0. The molecule has 0 aromatic heterocycles. The fourth-order valence-electron chi connectivity index (χ4n) is 1.67. The molecule has 0 fully saturated rings. The predicted molar refractivity (Wildman–Crippen MR) is 71.8 cm³/mol. The molecule has 16 heavy (non-hydrogen) atoms. The predicted octanol–water partition coefficient (Wildman–Crippen LogP) is 3.53. The molecule has 0 heterocycles. The van der Waals surface area contributed by atoms with Crippen molar-refractivity contribution in [2.45, 2.75) is 65.0 Å². The summed E-state index contributed by atoms with van der Waals surface area (Å²) in [6, 6.07) is 0.574. The lowest BCUT2D eigenvalue weighted by atomic mass is 10.00. The van der Waals surface area contributed by atoms with Gasteiger partial charge in [-0.25, -0.2) is 0 Å². The molecule has 2 nitrogen and oxygen atoms in total. The lowest BCUT2D eigenvalue weighted by Crippen LogP contribution is -2.31. The van der Waals surface area contributed by atoms with Gasteiger partial charge in [0.15, 0.2) is 0 Å². The summed E-state index contributed by atoms with van der Waals surface area (Å²) >= 11 is 0. The van der Waals surface area contributed by atoms with Gasteiger partial charge in [0.05, 0.1) is 6.10 Å². The first-order chi connectivity index (χ1) is 7.63. The average Bonchev–Trinajstić information content (AvgIpc) is 2.31. The van der Waals surface area contributed by atoms with Crippen molar-refractivity contribution in [3.63, 3.8) is 0 Å². The van der Waals surface area contributed by atoms with Crippen LogP contribution < -0.4 is 5.32 Å². The average molecular weight is 227 g/mol. The molecule has 1 N–H and O–H groups in total. The van der Waals surface area contributed by atoms with Gasteiger partial charge in [0.25, 0.3) is 0 Å². The van der Waals surface area contributed by atoms with Gasteiger partial charge in [-0.15, -0.1) is 0 Å². The lowest BCUT2D eigenvalue weighted by molar-refractivity contribution is 0.106. The first kappa shape index (κ1) is 15.7. The molecule has 0 spiro atoms. The number of methoxy groups -OCH3 is 1. The van der Waals surface area contributed by atoms with E-state index in [0.29, 0.717) is 12.1 Å². The van der Waals surface area contributed by atoms with E-state index in [-0.39, 0.29) is 0 Å². The van der Waals surface area contributed by atoms with E-state index in [1.165, 1.54) is 18.4 Å². The third-order valence-electron chi connectivity index (χ3n) is 3.04. The quantitative estimate of drug-likeness (QED) is 0.577. The molecule has 0 radical (unpaired) electrons. The lowest BCUT2D eigenvalue weighted by Gasteiger charge is -2.21. The number of nitrogens with one attached hydrogen (secondary N) is 1. The van der Waals surface area contributed by atoms with Crippen molar-refractivity contribution < 1.29 is 4.74 Å². The Morgan fingerprint density at radius 3 is 2.50 bits per heavy atom. The summed E-state index contributed by atoms with van der Waals surface area (Å²) in [5.41, 5.74) is 1.35. The van der Waals surface area contributed by atoms with Crippen LogP contribution in [0.25, 0.3) is 0 Å². The molecule has 0 aromatic carbocycles. The highest BCUT2D eigenvalue weighted by Crippen LogP contribution is 2.13. The van der Waals surface area contributed by atoms with Crippen LogP contribution in [0.1, 0.15) is 52.9 Å². The highest BCUT2D eigenvalue weighted by molar-refractivity contribution is 4.96. The van der Waals surface area contributed by atoms with Crippen LogP contribution in [-0.4, -0.2) is 25.8 Å². The molecule has 0 bridgehead atoms. The summed E-state index contributed by atoms with van der Waals surface area (Å²) < 4.78 is 5.29. The molecule has 2 unspecified atom stereocenters. The zero-order valence-corrected chi connectivity index (χ0v) is 11.5. The molecule has 0 amide bonds. The first-order valence-corrected chi connectivity index (χ1v) is 6.56. The minimum absolute atomic E-state index is 0.362. The van der Waals surface area contributed by atoms with Crippen molar-refractivity contribution in [2.24, 2.45) is 0 Å². The van der Waals surface area contributed by atoms with Crippen LogP contribution in [-0.2, 0) is 4.74 Å². The Balaban J connectivity index is 3.94. The Morgan fingerprint density at radius 1 is 1.31 bits per heavy atom. The van der Waals surface area contributed by atoms with Crippen molar-refractivity contribution >= 4 is 0 Å². The van der Waals surface area contributed by atoms with Crippen molar-refractivity contribution in [3.8, 4) is 0 Å². The molecule has 96 valence electrons. The molecule has 0 rings (SSSR count). The zero-order valence-electron chi connectivity index (χ0n) is 11.5. The van der Waals surface area contributed by atoms with E-state index in [1.807, 2.05) is 0 Å². The molecule has 0 aromatic rings. The van der Waals surface area contributed by atoms with Crippen LogP contribution in [0.5, 0.6) is 0 Å². The number of rotatable bonds is 10. The molecule has 2 atom stereocenters. The van der Waals surface area contributed by atoms with Gasteiger partial charge in [-0.2, -0.15) is 0 Å². The SMILES string of the molecule is C=C(CC)CC(CCC(C)OC)NCCC. The molecular formula is C14H29NO. The minimum atomic E-state index is 0.362. The van der Waals surface area contributed by atoms with Crippen LogP contribution in [0.3, 0.4) is 0 Å². The normalized spacial score (nSPS) is 14.8.